The summed E-state index contributed by atoms with van der Waals surface area (Å²) in [5, 5.41) is 0.696. The van der Waals surface area contributed by atoms with Gasteiger partial charge in [-0.05, 0) is 43.5 Å². The highest BCUT2D eigenvalue weighted by Gasteiger charge is 2.30. The van der Waals surface area contributed by atoms with Gasteiger partial charge in [0, 0.05) is 19.5 Å². The van der Waals surface area contributed by atoms with Gasteiger partial charge in [-0.2, -0.15) is 0 Å². The van der Waals surface area contributed by atoms with Crippen LogP contribution in [0.2, 0.25) is 10.0 Å². The number of imidazole rings is 1. The van der Waals surface area contributed by atoms with Gasteiger partial charge >= 0.3 is 5.97 Å². The first kappa shape index (κ1) is 23.5. The molecule has 0 bridgehead atoms. The zero-order valence-electron chi connectivity index (χ0n) is 18.2. The van der Waals surface area contributed by atoms with E-state index in [0.29, 0.717) is 58.6 Å². The van der Waals surface area contributed by atoms with E-state index in [0.717, 1.165) is 6.42 Å². The number of benzene rings is 2. The van der Waals surface area contributed by atoms with Crippen LogP contribution in [0.1, 0.15) is 31.2 Å². The molecule has 4 rings (SSSR count). The van der Waals surface area contributed by atoms with Crippen molar-refractivity contribution in [3.8, 4) is 0 Å². The van der Waals surface area contributed by atoms with Crippen molar-refractivity contribution in [1.29, 1.82) is 0 Å². The van der Waals surface area contributed by atoms with Crippen molar-refractivity contribution in [2.45, 2.75) is 32.7 Å². The van der Waals surface area contributed by atoms with Gasteiger partial charge in [-0.3, -0.25) is 9.59 Å². The van der Waals surface area contributed by atoms with Crippen LogP contribution in [-0.4, -0.2) is 46.0 Å². The minimum Gasteiger partial charge on any atom is -0.466 e. The number of carbonyl (C=O) groups is 2. The van der Waals surface area contributed by atoms with Crippen LogP contribution < -0.4 is 0 Å². The molecule has 6 nitrogen and oxygen atoms in total. The van der Waals surface area contributed by atoms with E-state index in [1.807, 2.05) is 0 Å². The maximum atomic E-state index is 14.3. The number of likely N-dealkylation sites (tertiary alicyclic amines) is 1. The van der Waals surface area contributed by atoms with E-state index in [1.54, 1.807) is 46.7 Å². The monoisotopic (exact) mass is 491 g/mol. The Morgan fingerprint density at radius 3 is 2.73 bits per heavy atom. The number of amides is 1. The van der Waals surface area contributed by atoms with E-state index in [-0.39, 0.29) is 36.6 Å². The van der Waals surface area contributed by atoms with Gasteiger partial charge < -0.3 is 14.2 Å². The first-order valence-electron chi connectivity index (χ1n) is 10.9. The number of ether oxygens (including phenoxy) is 1. The Morgan fingerprint density at radius 1 is 1.21 bits per heavy atom. The molecule has 0 unspecified atom stereocenters. The Balaban J connectivity index is 1.64. The highest BCUT2D eigenvalue weighted by molar-refractivity contribution is 6.42. The van der Waals surface area contributed by atoms with Gasteiger partial charge in [-0.15, -0.1) is 0 Å². The molecule has 0 saturated carbocycles. The highest BCUT2D eigenvalue weighted by atomic mass is 35.5. The highest BCUT2D eigenvalue weighted by Crippen LogP contribution is 2.29. The number of fused-ring (bicyclic) bond motifs is 1. The molecule has 3 aromatic rings. The fourth-order valence-corrected chi connectivity index (χ4v) is 4.50. The molecule has 1 fully saturated rings. The molecule has 2 heterocycles. The standard InChI is InChI=1S/C24H24Cl2FN3O3/c1-2-33-24(32)16-7-5-9-29(13-16)23(31)14-30-21-12-18(26)17(25)11-20(21)28-22(30)10-15-6-3-4-8-19(15)27/h3-4,6,8,11-12,16H,2,5,7,9-10,13-14H2,1H3/t16-/m1/s1. The molecule has 33 heavy (non-hydrogen) atoms. The Kier molecular flexibility index (Phi) is 7.20. The Hall–Kier alpha value is -2.64. The van der Waals surface area contributed by atoms with E-state index in [9.17, 15) is 14.0 Å². The molecule has 2 aromatic carbocycles. The predicted molar refractivity (Wildman–Crippen MR) is 125 cm³/mol. The topological polar surface area (TPSA) is 64.4 Å². The molecule has 1 aliphatic heterocycles. The second-order valence-corrected chi connectivity index (χ2v) is 8.88. The number of esters is 1. The van der Waals surface area contributed by atoms with E-state index in [4.69, 9.17) is 27.9 Å². The van der Waals surface area contributed by atoms with Gasteiger partial charge in [0.05, 0.1) is 33.6 Å². The van der Waals surface area contributed by atoms with E-state index in [2.05, 4.69) is 4.98 Å². The van der Waals surface area contributed by atoms with Gasteiger partial charge in [0.15, 0.2) is 0 Å². The lowest BCUT2D eigenvalue weighted by atomic mass is 9.98. The molecule has 1 amide bonds. The van der Waals surface area contributed by atoms with Crippen LogP contribution in [0.15, 0.2) is 36.4 Å². The van der Waals surface area contributed by atoms with Gasteiger partial charge in [0.25, 0.3) is 0 Å². The van der Waals surface area contributed by atoms with Crippen molar-refractivity contribution in [1.82, 2.24) is 14.5 Å². The summed E-state index contributed by atoms with van der Waals surface area (Å²) in [4.78, 5) is 31.7. The summed E-state index contributed by atoms with van der Waals surface area (Å²) in [5.74, 6) is -0.560. The minimum atomic E-state index is -0.341. The first-order valence-corrected chi connectivity index (χ1v) is 11.6. The molecule has 0 radical (unpaired) electrons. The number of piperidine rings is 1. The molecule has 174 valence electrons. The summed E-state index contributed by atoms with van der Waals surface area (Å²) in [5.41, 5.74) is 1.69. The van der Waals surface area contributed by atoms with Crippen LogP contribution in [0.5, 0.6) is 0 Å². The van der Waals surface area contributed by atoms with Crippen LogP contribution >= 0.6 is 23.2 Å². The van der Waals surface area contributed by atoms with Crippen LogP contribution in [0.4, 0.5) is 4.39 Å². The maximum absolute atomic E-state index is 14.3. The predicted octanol–water partition coefficient (Wildman–Crippen LogP) is 4.87. The molecule has 0 N–H and O–H groups in total. The van der Waals surface area contributed by atoms with Crippen molar-refractivity contribution in [3.63, 3.8) is 0 Å². The van der Waals surface area contributed by atoms with Crippen molar-refractivity contribution < 1.29 is 18.7 Å². The van der Waals surface area contributed by atoms with Crippen LogP contribution in [0.25, 0.3) is 11.0 Å². The zero-order chi connectivity index (χ0) is 23.5. The number of halogens is 3. The molecule has 0 spiro atoms. The zero-order valence-corrected chi connectivity index (χ0v) is 19.7. The van der Waals surface area contributed by atoms with Crippen molar-refractivity contribution in [2.75, 3.05) is 19.7 Å². The van der Waals surface area contributed by atoms with E-state index in [1.165, 1.54) is 6.07 Å². The quantitative estimate of drug-likeness (QED) is 0.461. The molecule has 1 aliphatic rings. The number of hydrogen-bond acceptors (Lipinski definition) is 4. The third kappa shape index (κ3) is 5.14. The largest absolute Gasteiger partial charge is 0.466 e. The normalized spacial score (nSPS) is 16.2. The number of carbonyl (C=O) groups excluding carboxylic acids is 2. The summed E-state index contributed by atoms with van der Waals surface area (Å²) >= 11 is 12.4. The summed E-state index contributed by atoms with van der Waals surface area (Å²) in [7, 11) is 0. The van der Waals surface area contributed by atoms with Crippen LogP contribution in [0.3, 0.4) is 0 Å². The van der Waals surface area contributed by atoms with Crippen LogP contribution in [0, 0.1) is 11.7 Å². The summed E-state index contributed by atoms with van der Waals surface area (Å²) < 4.78 is 21.2. The number of rotatable bonds is 6. The van der Waals surface area contributed by atoms with Gasteiger partial charge in [0.2, 0.25) is 5.91 Å². The molecule has 1 saturated heterocycles. The van der Waals surface area contributed by atoms with Gasteiger partial charge in [-0.1, -0.05) is 41.4 Å². The molecule has 1 atom stereocenters. The smallest absolute Gasteiger partial charge is 0.310 e. The summed E-state index contributed by atoms with van der Waals surface area (Å²) in [6.45, 7) is 2.96. The van der Waals surface area contributed by atoms with Crippen LogP contribution in [-0.2, 0) is 27.3 Å². The third-order valence-electron chi connectivity index (χ3n) is 5.86. The lowest BCUT2D eigenvalue weighted by Crippen LogP contribution is -2.44. The summed E-state index contributed by atoms with van der Waals surface area (Å²) in [6, 6.07) is 9.78. The molecular weight excluding hydrogens is 468 g/mol. The molecular formula is C24H24Cl2FN3O3. The lowest BCUT2D eigenvalue weighted by Gasteiger charge is -2.31. The lowest BCUT2D eigenvalue weighted by molar-refractivity contribution is -0.151. The average Bonchev–Trinajstić information content (AvgIpc) is 3.11. The average molecular weight is 492 g/mol. The molecule has 0 aliphatic carbocycles. The first-order chi connectivity index (χ1) is 15.9. The summed E-state index contributed by atoms with van der Waals surface area (Å²) in [6.07, 6.45) is 1.63. The number of hydrogen-bond donors (Lipinski definition) is 0. The van der Waals surface area contributed by atoms with Crippen molar-refractivity contribution >= 4 is 46.1 Å². The molecule has 1 aromatic heterocycles. The van der Waals surface area contributed by atoms with Gasteiger partial charge in [0.1, 0.15) is 18.2 Å². The van der Waals surface area contributed by atoms with E-state index >= 15 is 0 Å². The second kappa shape index (κ2) is 10.1. The fraction of sp³-hybridized carbons (Fsp3) is 0.375. The number of nitrogens with zero attached hydrogens (tertiary/aromatic N) is 3. The fourth-order valence-electron chi connectivity index (χ4n) is 4.18. The Bertz CT molecular complexity index is 1200. The van der Waals surface area contributed by atoms with Gasteiger partial charge in [-0.25, -0.2) is 9.37 Å². The Morgan fingerprint density at radius 2 is 1.97 bits per heavy atom. The maximum Gasteiger partial charge on any atom is 0.310 e. The van der Waals surface area contributed by atoms with Crippen molar-refractivity contribution in [2.24, 2.45) is 5.92 Å². The third-order valence-corrected chi connectivity index (χ3v) is 6.59. The van der Waals surface area contributed by atoms with Crippen molar-refractivity contribution in [3.05, 3.63) is 63.6 Å². The van der Waals surface area contributed by atoms with E-state index < -0.39 is 0 Å². The second-order valence-electron chi connectivity index (χ2n) is 8.07. The molecule has 9 heteroatoms. The SMILES string of the molecule is CCOC(=O)[C@@H]1CCCN(C(=O)Cn2c(Cc3ccccc3F)nc3cc(Cl)c(Cl)cc32)C1. The minimum absolute atomic E-state index is 0.00616. The Labute approximate surface area is 201 Å². The number of aromatic nitrogens is 2.